The molecule has 0 radical (unpaired) electrons. The quantitative estimate of drug-likeness (QED) is 0.553. The lowest BCUT2D eigenvalue weighted by atomic mass is 9.90. The van der Waals surface area contributed by atoms with Crippen molar-refractivity contribution in [1.29, 1.82) is 0 Å². The molecule has 130 valence electrons. The van der Waals surface area contributed by atoms with Crippen LogP contribution in [0.2, 0.25) is 0 Å². The molecule has 0 bridgehead atoms. The summed E-state index contributed by atoms with van der Waals surface area (Å²) in [6, 6.07) is 8.76. The molecule has 1 heteroatoms. The molecule has 0 fully saturated rings. The van der Waals surface area contributed by atoms with Gasteiger partial charge in [-0.1, -0.05) is 44.7 Å². The average Bonchev–Trinajstić information content (AvgIpc) is 2.44. The molecule has 0 saturated carbocycles. The van der Waals surface area contributed by atoms with E-state index < -0.39 is 0 Å². The molecule has 0 aromatic heterocycles. The molecule has 1 aromatic carbocycles. The van der Waals surface area contributed by atoms with Gasteiger partial charge in [-0.05, 0) is 75.5 Å². The molecule has 0 amide bonds. The Hall–Kier alpha value is -1.70. The second kappa shape index (κ2) is 8.96. The first kappa shape index (κ1) is 20.3. The zero-order chi connectivity index (χ0) is 18.2. The van der Waals surface area contributed by atoms with E-state index >= 15 is 0 Å². The normalized spacial score (nSPS) is 12.6. The van der Waals surface area contributed by atoms with E-state index in [-0.39, 0.29) is 5.54 Å². The Bertz CT molecular complexity index is 616. The largest absolute Gasteiger partial charge is 0.306 e. The van der Waals surface area contributed by atoms with E-state index in [1.165, 1.54) is 12.0 Å². The van der Waals surface area contributed by atoms with E-state index in [1.54, 1.807) is 0 Å². The van der Waals surface area contributed by atoms with Gasteiger partial charge in [0.25, 0.3) is 0 Å². The van der Waals surface area contributed by atoms with Crippen molar-refractivity contribution < 1.29 is 0 Å². The van der Waals surface area contributed by atoms with Gasteiger partial charge in [0, 0.05) is 23.6 Å². The van der Waals surface area contributed by atoms with E-state index in [1.807, 2.05) is 0 Å². The highest BCUT2D eigenvalue weighted by atomic mass is 15.0. The first-order chi connectivity index (χ1) is 11.1. The Morgan fingerprint density at radius 3 is 2.12 bits per heavy atom. The second-order valence-electron chi connectivity index (χ2n) is 8.70. The van der Waals surface area contributed by atoms with Gasteiger partial charge in [-0.2, -0.15) is 0 Å². The topological polar surface area (TPSA) is 12.0 Å². The third kappa shape index (κ3) is 9.44. The molecule has 1 N–H and O–H groups in total. The van der Waals surface area contributed by atoms with Crippen LogP contribution in [-0.4, -0.2) is 5.54 Å². The summed E-state index contributed by atoms with van der Waals surface area (Å²) in [5, 5.41) is 3.58. The van der Waals surface area contributed by atoms with Crippen LogP contribution in [0.4, 0.5) is 0 Å². The lowest BCUT2D eigenvalue weighted by Gasteiger charge is -2.26. The smallest absolute Gasteiger partial charge is 0.0296 e. The number of hydrogen-bond acceptors (Lipinski definition) is 1. The number of nitrogens with one attached hydrogen (secondary N) is 1. The third-order valence-corrected chi connectivity index (χ3v) is 3.65. The Kier molecular flexibility index (Phi) is 7.59. The van der Waals surface area contributed by atoms with Crippen molar-refractivity contribution in [3.8, 4) is 23.7 Å². The van der Waals surface area contributed by atoms with Gasteiger partial charge in [0.15, 0.2) is 0 Å². The zero-order valence-electron chi connectivity index (χ0n) is 16.5. The SMILES string of the molecule is CC(NC(C)(C)C)c1ccc(C#CC#CCCCC(C)(C)C)cc1. The molecule has 1 aromatic rings. The highest BCUT2D eigenvalue weighted by molar-refractivity contribution is 5.41. The minimum Gasteiger partial charge on any atom is -0.306 e. The summed E-state index contributed by atoms with van der Waals surface area (Å²) in [5.74, 6) is 12.2. The van der Waals surface area contributed by atoms with Crippen molar-refractivity contribution in [2.24, 2.45) is 5.41 Å². The summed E-state index contributed by atoms with van der Waals surface area (Å²) in [5.41, 5.74) is 2.81. The zero-order valence-corrected chi connectivity index (χ0v) is 16.5. The first-order valence-electron chi connectivity index (χ1n) is 8.93. The predicted octanol–water partition coefficient (Wildman–Crippen LogP) is 5.71. The molecule has 0 heterocycles. The number of unbranched alkanes of at least 4 members (excludes halogenated alkanes) is 1. The van der Waals surface area contributed by atoms with Gasteiger partial charge in [0.05, 0.1) is 0 Å². The van der Waals surface area contributed by atoms with Gasteiger partial charge in [0.2, 0.25) is 0 Å². The summed E-state index contributed by atoms with van der Waals surface area (Å²) in [4.78, 5) is 0. The Morgan fingerprint density at radius 1 is 0.958 bits per heavy atom. The van der Waals surface area contributed by atoms with E-state index in [2.05, 4.69) is 102 Å². The minimum absolute atomic E-state index is 0.112. The Morgan fingerprint density at radius 2 is 1.58 bits per heavy atom. The van der Waals surface area contributed by atoms with Crippen molar-refractivity contribution >= 4 is 0 Å². The fraction of sp³-hybridized carbons (Fsp3) is 0.565. The summed E-state index contributed by atoms with van der Waals surface area (Å²) in [6.07, 6.45) is 3.28. The van der Waals surface area contributed by atoms with Crippen LogP contribution in [0.3, 0.4) is 0 Å². The maximum Gasteiger partial charge on any atom is 0.0296 e. The molecular weight excluding hydrogens is 290 g/mol. The number of rotatable bonds is 4. The number of benzene rings is 1. The number of hydrogen-bond donors (Lipinski definition) is 1. The lowest BCUT2D eigenvalue weighted by Crippen LogP contribution is -2.37. The summed E-state index contributed by atoms with van der Waals surface area (Å²) < 4.78 is 0. The average molecular weight is 324 g/mol. The van der Waals surface area contributed by atoms with Crippen LogP contribution in [0.25, 0.3) is 0 Å². The van der Waals surface area contributed by atoms with Crippen molar-refractivity contribution in [3.63, 3.8) is 0 Å². The van der Waals surface area contributed by atoms with Crippen LogP contribution < -0.4 is 5.32 Å². The van der Waals surface area contributed by atoms with Gasteiger partial charge in [0.1, 0.15) is 0 Å². The highest BCUT2D eigenvalue weighted by Crippen LogP contribution is 2.21. The molecule has 0 aliphatic rings. The van der Waals surface area contributed by atoms with Crippen LogP contribution >= 0.6 is 0 Å². The molecule has 1 atom stereocenters. The van der Waals surface area contributed by atoms with Crippen molar-refractivity contribution in [3.05, 3.63) is 35.4 Å². The van der Waals surface area contributed by atoms with E-state index in [4.69, 9.17) is 0 Å². The molecule has 24 heavy (non-hydrogen) atoms. The van der Waals surface area contributed by atoms with E-state index in [0.717, 1.165) is 18.4 Å². The highest BCUT2D eigenvalue weighted by Gasteiger charge is 2.14. The van der Waals surface area contributed by atoms with Gasteiger partial charge in [-0.15, -0.1) is 0 Å². The lowest BCUT2D eigenvalue weighted by molar-refractivity contribution is 0.368. The minimum atomic E-state index is 0.112. The predicted molar refractivity (Wildman–Crippen MR) is 106 cm³/mol. The Balaban J connectivity index is 2.51. The van der Waals surface area contributed by atoms with Crippen LogP contribution in [0.15, 0.2) is 24.3 Å². The Labute approximate surface area is 149 Å². The van der Waals surface area contributed by atoms with Crippen molar-refractivity contribution in [1.82, 2.24) is 5.32 Å². The summed E-state index contributed by atoms with van der Waals surface area (Å²) >= 11 is 0. The fourth-order valence-corrected chi connectivity index (χ4v) is 2.51. The third-order valence-electron chi connectivity index (χ3n) is 3.65. The van der Waals surface area contributed by atoms with E-state index in [9.17, 15) is 0 Å². The molecule has 0 saturated heterocycles. The molecule has 1 nitrogen and oxygen atoms in total. The molecule has 0 spiro atoms. The molecular formula is C23H33N. The van der Waals surface area contributed by atoms with Gasteiger partial charge >= 0.3 is 0 Å². The maximum absolute atomic E-state index is 3.58. The monoisotopic (exact) mass is 323 g/mol. The van der Waals surface area contributed by atoms with Gasteiger partial charge in [-0.3, -0.25) is 0 Å². The van der Waals surface area contributed by atoms with Crippen molar-refractivity contribution in [2.45, 2.75) is 79.3 Å². The fourth-order valence-electron chi connectivity index (χ4n) is 2.51. The van der Waals surface area contributed by atoms with Crippen molar-refractivity contribution in [2.75, 3.05) is 0 Å². The second-order valence-corrected chi connectivity index (χ2v) is 8.70. The summed E-state index contributed by atoms with van der Waals surface area (Å²) in [7, 11) is 0. The van der Waals surface area contributed by atoms with Crippen LogP contribution in [0.1, 0.15) is 84.9 Å². The van der Waals surface area contributed by atoms with E-state index in [0.29, 0.717) is 11.5 Å². The summed E-state index contributed by atoms with van der Waals surface area (Å²) in [6.45, 7) is 15.5. The molecule has 1 unspecified atom stereocenters. The molecule has 0 aliphatic carbocycles. The van der Waals surface area contributed by atoms with Crippen LogP contribution in [0.5, 0.6) is 0 Å². The molecule has 1 rings (SSSR count). The first-order valence-corrected chi connectivity index (χ1v) is 8.93. The van der Waals surface area contributed by atoms with Gasteiger partial charge < -0.3 is 5.32 Å². The van der Waals surface area contributed by atoms with Crippen LogP contribution in [0, 0.1) is 29.1 Å². The maximum atomic E-state index is 3.58. The standard InChI is InChI=1S/C23H33N/c1-19(24-23(5,6)7)21-16-14-20(15-17-21)13-11-9-8-10-12-18-22(2,3)4/h14-17,19,24H,10,12,18H2,1-7H3. The van der Waals surface area contributed by atoms with Gasteiger partial charge in [-0.25, -0.2) is 0 Å². The molecule has 0 aliphatic heterocycles. The van der Waals surface area contributed by atoms with Crippen LogP contribution in [-0.2, 0) is 0 Å².